The Kier molecular flexibility index (Phi) is 4.81. The van der Waals surface area contributed by atoms with E-state index < -0.39 is 0 Å². The van der Waals surface area contributed by atoms with Gasteiger partial charge in [0, 0.05) is 10.7 Å². The molecule has 1 heterocycles. The number of hydrogen-bond donors (Lipinski definition) is 3. The van der Waals surface area contributed by atoms with E-state index in [1.165, 1.54) is 0 Å². The molecule has 0 saturated carbocycles. The van der Waals surface area contributed by atoms with Crippen LogP contribution in [0.25, 0.3) is 0 Å². The topological polar surface area (TPSA) is 84.0 Å². The van der Waals surface area contributed by atoms with Crippen LogP contribution in [0.5, 0.6) is 0 Å². The highest BCUT2D eigenvalue weighted by atomic mass is 35.5. The second kappa shape index (κ2) is 7.02. The lowest BCUT2D eigenvalue weighted by Gasteiger charge is -2.19. The SMILES string of the molecule is Cc1cc(Cl)ccc1NC(=S)N/N=C/c1ccc2c(c1)N([O-])ON2. The lowest BCUT2D eigenvalue weighted by Crippen LogP contribution is -2.24. The summed E-state index contributed by atoms with van der Waals surface area (Å²) in [4.78, 5) is 4.63. The monoisotopic (exact) mass is 362 g/mol. The maximum Gasteiger partial charge on any atom is 0.191 e. The summed E-state index contributed by atoms with van der Waals surface area (Å²) < 4.78 is 0. The molecule has 0 unspecified atom stereocenters. The minimum Gasteiger partial charge on any atom is -0.731 e. The zero-order chi connectivity index (χ0) is 17.1. The van der Waals surface area contributed by atoms with Gasteiger partial charge in [-0.2, -0.15) is 10.0 Å². The number of halogens is 1. The molecule has 0 radical (unpaired) electrons. The minimum atomic E-state index is 0.341. The fourth-order valence-electron chi connectivity index (χ4n) is 2.09. The highest BCUT2D eigenvalue weighted by Gasteiger charge is 2.12. The predicted octanol–water partition coefficient (Wildman–Crippen LogP) is 3.55. The second-order valence-electron chi connectivity index (χ2n) is 5.01. The third-order valence-corrected chi connectivity index (χ3v) is 3.70. The van der Waals surface area contributed by atoms with Gasteiger partial charge in [0.2, 0.25) is 0 Å². The maximum absolute atomic E-state index is 11.4. The summed E-state index contributed by atoms with van der Waals surface area (Å²) >= 11 is 11.1. The van der Waals surface area contributed by atoms with Crippen LogP contribution in [0.2, 0.25) is 5.02 Å². The summed E-state index contributed by atoms with van der Waals surface area (Å²) in [7, 11) is 0. The minimum absolute atomic E-state index is 0.341. The molecule has 1 aliphatic rings. The number of nitrogens with one attached hydrogen (secondary N) is 3. The van der Waals surface area contributed by atoms with E-state index in [1.807, 2.05) is 19.1 Å². The maximum atomic E-state index is 11.4. The normalized spacial score (nSPS) is 12.9. The molecule has 3 N–H and O–H groups in total. The van der Waals surface area contributed by atoms with Gasteiger partial charge in [-0.05, 0) is 60.6 Å². The summed E-state index contributed by atoms with van der Waals surface area (Å²) in [6, 6.07) is 10.6. The lowest BCUT2D eigenvalue weighted by molar-refractivity contribution is 0.211. The molecule has 0 fully saturated rings. The molecule has 2 aromatic rings. The molecule has 124 valence electrons. The van der Waals surface area contributed by atoms with Gasteiger partial charge < -0.3 is 10.5 Å². The van der Waals surface area contributed by atoms with Gasteiger partial charge in [-0.1, -0.05) is 17.7 Å². The Morgan fingerprint density at radius 2 is 2.21 bits per heavy atom. The van der Waals surface area contributed by atoms with Crippen LogP contribution in [0, 0.1) is 12.1 Å². The molecule has 0 atom stereocenters. The molecule has 0 spiro atoms. The Hall–Kier alpha value is -2.39. The molecule has 9 heteroatoms. The molecule has 0 aromatic heterocycles. The number of rotatable bonds is 3. The quantitative estimate of drug-likeness (QED) is 0.437. The third kappa shape index (κ3) is 3.74. The van der Waals surface area contributed by atoms with Crippen LogP contribution in [0.1, 0.15) is 11.1 Å². The number of hydrazone groups is 1. The van der Waals surface area contributed by atoms with E-state index in [1.54, 1.807) is 30.5 Å². The van der Waals surface area contributed by atoms with Crippen molar-refractivity contribution in [3.8, 4) is 0 Å². The van der Waals surface area contributed by atoms with E-state index in [-0.39, 0.29) is 0 Å². The number of aryl methyl sites for hydroxylation is 1. The molecule has 0 aliphatic carbocycles. The molecule has 3 rings (SSSR count). The molecule has 1 aliphatic heterocycles. The molecule has 2 aromatic carbocycles. The van der Waals surface area contributed by atoms with Crippen LogP contribution in [-0.2, 0) is 4.94 Å². The van der Waals surface area contributed by atoms with E-state index in [4.69, 9.17) is 23.8 Å². The van der Waals surface area contributed by atoms with Crippen molar-refractivity contribution in [2.24, 2.45) is 5.10 Å². The highest BCUT2D eigenvalue weighted by molar-refractivity contribution is 7.80. The standard InChI is InChI=1S/C15H13ClN5O2S/c1-9-6-11(16)3-5-12(9)18-15(24)19-17-8-10-2-4-13-14(7-10)21(22)23-20-13/h2-8,20H,1H3,(H2,18,19,24)/q-1/b17-8+. The first-order chi connectivity index (χ1) is 11.5. The molecular formula is C15H13ClN5O2S-. The van der Waals surface area contributed by atoms with E-state index >= 15 is 0 Å². The summed E-state index contributed by atoms with van der Waals surface area (Å²) in [5.74, 6) is 0. The number of nitrogens with zero attached hydrogens (tertiary/aromatic N) is 2. The summed E-state index contributed by atoms with van der Waals surface area (Å²) in [6.07, 6.45) is 1.55. The van der Waals surface area contributed by atoms with Crippen molar-refractivity contribution in [1.82, 2.24) is 5.43 Å². The van der Waals surface area contributed by atoms with Gasteiger partial charge in [-0.25, -0.2) is 5.48 Å². The van der Waals surface area contributed by atoms with Gasteiger partial charge >= 0.3 is 0 Å². The van der Waals surface area contributed by atoms with Gasteiger partial charge in [0.25, 0.3) is 0 Å². The van der Waals surface area contributed by atoms with Crippen molar-refractivity contribution in [2.75, 3.05) is 16.0 Å². The van der Waals surface area contributed by atoms with Gasteiger partial charge in [-0.3, -0.25) is 10.7 Å². The smallest absolute Gasteiger partial charge is 0.191 e. The summed E-state index contributed by atoms with van der Waals surface area (Å²) in [5.41, 5.74) is 8.74. The number of benzene rings is 2. The Morgan fingerprint density at radius 3 is 3.00 bits per heavy atom. The Bertz CT molecular complexity index is 814. The highest BCUT2D eigenvalue weighted by Crippen LogP contribution is 2.31. The molecule has 0 bridgehead atoms. The van der Waals surface area contributed by atoms with Crippen molar-refractivity contribution >= 4 is 52.2 Å². The van der Waals surface area contributed by atoms with Crippen molar-refractivity contribution in [1.29, 1.82) is 0 Å². The van der Waals surface area contributed by atoms with E-state index in [0.717, 1.165) is 16.8 Å². The van der Waals surface area contributed by atoms with Crippen LogP contribution in [0.4, 0.5) is 17.1 Å². The first-order valence-electron chi connectivity index (χ1n) is 6.93. The van der Waals surface area contributed by atoms with E-state index in [0.29, 0.717) is 26.7 Å². The Balaban J connectivity index is 1.60. The zero-order valence-electron chi connectivity index (χ0n) is 12.5. The molecule has 7 nitrogen and oxygen atoms in total. The fraction of sp³-hybridized carbons (Fsp3) is 0.0667. The van der Waals surface area contributed by atoms with Crippen LogP contribution in [-0.4, -0.2) is 11.3 Å². The number of thiocarbonyl (C=S) groups is 1. The first-order valence-corrected chi connectivity index (χ1v) is 7.72. The van der Waals surface area contributed by atoms with Crippen molar-refractivity contribution < 1.29 is 4.94 Å². The van der Waals surface area contributed by atoms with Crippen molar-refractivity contribution in [2.45, 2.75) is 6.92 Å². The molecule has 0 saturated heterocycles. The van der Waals surface area contributed by atoms with Gasteiger partial charge in [0.15, 0.2) is 5.11 Å². The molecule has 24 heavy (non-hydrogen) atoms. The molecule has 0 amide bonds. The van der Waals surface area contributed by atoms with Crippen LogP contribution >= 0.6 is 23.8 Å². The summed E-state index contributed by atoms with van der Waals surface area (Å²) in [6.45, 7) is 1.93. The predicted molar refractivity (Wildman–Crippen MR) is 100 cm³/mol. The number of fused-ring (bicyclic) bond motifs is 1. The second-order valence-corrected chi connectivity index (χ2v) is 5.86. The van der Waals surface area contributed by atoms with Crippen LogP contribution in [0.15, 0.2) is 41.5 Å². The van der Waals surface area contributed by atoms with Gasteiger partial charge in [0.05, 0.1) is 17.6 Å². The number of anilines is 3. The zero-order valence-corrected chi connectivity index (χ0v) is 14.1. The van der Waals surface area contributed by atoms with E-state index in [9.17, 15) is 5.21 Å². The largest absolute Gasteiger partial charge is 0.731 e. The van der Waals surface area contributed by atoms with Crippen molar-refractivity contribution in [3.63, 3.8) is 0 Å². The van der Waals surface area contributed by atoms with Crippen LogP contribution < -0.4 is 21.4 Å². The van der Waals surface area contributed by atoms with Crippen molar-refractivity contribution in [3.05, 3.63) is 57.8 Å². The van der Waals surface area contributed by atoms with Gasteiger partial charge in [0.1, 0.15) is 0 Å². The summed E-state index contributed by atoms with van der Waals surface area (Å²) in [5, 5.41) is 19.9. The third-order valence-electron chi connectivity index (χ3n) is 3.27. The number of hydrogen-bond acceptors (Lipinski definition) is 6. The lowest BCUT2D eigenvalue weighted by atomic mass is 10.2. The fourth-order valence-corrected chi connectivity index (χ4v) is 2.48. The average molecular weight is 363 g/mol. The van der Waals surface area contributed by atoms with E-state index in [2.05, 4.69) is 26.3 Å². The average Bonchev–Trinajstić information content (AvgIpc) is 2.91. The van der Waals surface area contributed by atoms with Gasteiger partial charge in [-0.15, -0.1) is 0 Å². The first kappa shape index (κ1) is 16.5. The van der Waals surface area contributed by atoms with Crippen LogP contribution in [0.3, 0.4) is 0 Å². The molecular weight excluding hydrogens is 350 g/mol. The Morgan fingerprint density at radius 1 is 1.38 bits per heavy atom. The Labute approximate surface area is 148 Å².